The van der Waals surface area contributed by atoms with Gasteiger partial charge in [0.15, 0.2) is 17.1 Å². The summed E-state index contributed by atoms with van der Waals surface area (Å²) in [4.78, 5) is 17.4. The standard InChI is InChI=1S/C26H26N2O5/c1-15(2)17-8-11-21-20(12-17)28-26(33-21)16-6-9-19(10-7-16)27-25(29)18-13-22(30-3)24(32-5)23(14-18)31-4/h6-15H,1-5H3,(H,27,29). The number of hydrogen-bond donors (Lipinski definition) is 1. The van der Waals surface area contributed by atoms with Gasteiger partial charge in [-0.15, -0.1) is 0 Å². The van der Waals surface area contributed by atoms with Crippen molar-refractivity contribution in [3.63, 3.8) is 0 Å². The Kier molecular flexibility index (Phi) is 6.22. The molecule has 0 bridgehead atoms. The maximum atomic E-state index is 12.8. The first-order valence-corrected chi connectivity index (χ1v) is 10.6. The average molecular weight is 447 g/mol. The van der Waals surface area contributed by atoms with Crippen LogP contribution in [-0.2, 0) is 0 Å². The van der Waals surface area contributed by atoms with Gasteiger partial charge in [-0.05, 0) is 60.0 Å². The lowest BCUT2D eigenvalue weighted by atomic mass is 10.0. The second kappa shape index (κ2) is 9.24. The molecule has 4 rings (SSSR count). The molecule has 0 saturated carbocycles. The number of aromatic nitrogens is 1. The number of methoxy groups -OCH3 is 3. The van der Waals surface area contributed by atoms with Gasteiger partial charge < -0.3 is 23.9 Å². The van der Waals surface area contributed by atoms with Crippen LogP contribution in [0.25, 0.3) is 22.6 Å². The highest BCUT2D eigenvalue weighted by molar-refractivity contribution is 6.05. The lowest BCUT2D eigenvalue weighted by molar-refractivity contribution is 0.102. The molecule has 0 fully saturated rings. The van der Waals surface area contributed by atoms with E-state index in [4.69, 9.17) is 18.6 Å². The average Bonchev–Trinajstić information content (AvgIpc) is 3.26. The van der Waals surface area contributed by atoms with Crippen LogP contribution in [0.3, 0.4) is 0 Å². The number of ether oxygens (including phenoxy) is 3. The highest BCUT2D eigenvalue weighted by Crippen LogP contribution is 2.38. The fraction of sp³-hybridized carbons (Fsp3) is 0.231. The van der Waals surface area contributed by atoms with Crippen LogP contribution in [0.1, 0.15) is 35.7 Å². The minimum absolute atomic E-state index is 0.301. The molecule has 3 aromatic carbocycles. The molecule has 0 spiro atoms. The first kappa shape index (κ1) is 22.2. The maximum Gasteiger partial charge on any atom is 0.255 e. The molecule has 33 heavy (non-hydrogen) atoms. The van der Waals surface area contributed by atoms with Crippen molar-refractivity contribution in [1.29, 1.82) is 0 Å². The zero-order valence-electron chi connectivity index (χ0n) is 19.3. The van der Waals surface area contributed by atoms with Crippen LogP contribution in [0.15, 0.2) is 59.0 Å². The second-order valence-corrected chi connectivity index (χ2v) is 7.85. The molecule has 0 saturated heterocycles. The first-order valence-electron chi connectivity index (χ1n) is 10.6. The summed E-state index contributed by atoms with van der Waals surface area (Å²) in [5, 5.41) is 2.88. The summed E-state index contributed by atoms with van der Waals surface area (Å²) in [6.45, 7) is 4.29. The van der Waals surface area contributed by atoms with Crippen LogP contribution in [-0.4, -0.2) is 32.2 Å². The van der Waals surface area contributed by atoms with Crippen molar-refractivity contribution < 1.29 is 23.4 Å². The van der Waals surface area contributed by atoms with Crippen LogP contribution in [0.2, 0.25) is 0 Å². The maximum absolute atomic E-state index is 12.8. The van der Waals surface area contributed by atoms with Gasteiger partial charge in [0.2, 0.25) is 11.6 Å². The topological polar surface area (TPSA) is 82.8 Å². The smallest absolute Gasteiger partial charge is 0.255 e. The fourth-order valence-corrected chi connectivity index (χ4v) is 3.54. The van der Waals surface area contributed by atoms with E-state index < -0.39 is 0 Å². The third-order valence-corrected chi connectivity index (χ3v) is 5.39. The monoisotopic (exact) mass is 446 g/mol. The van der Waals surface area contributed by atoms with Gasteiger partial charge in [0.05, 0.1) is 21.3 Å². The SMILES string of the molecule is COc1cc(C(=O)Nc2ccc(-c3nc4cc(C(C)C)ccc4o3)cc2)cc(OC)c1OC. The van der Waals surface area contributed by atoms with Crippen molar-refractivity contribution in [2.45, 2.75) is 19.8 Å². The molecule has 1 aromatic heterocycles. The number of anilines is 1. The Morgan fingerprint density at radius 1 is 0.909 bits per heavy atom. The minimum atomic E-state index is -0.301. The molecule has 0 atom stereocenters. The number of carbonyl (C=O) groups is 1. The van der Waals surface area contributed by atoms with Gasteiger partial charge in [-0.25, -0.2) is 4.98 Å². The molecule has 1 N–H and O–H groups in total. The number of hydrogen-bond acceptors (Lipinski definition) is 6. The van der Waals surface area contributed by atoms with Crippen LogP contribution >= 0.6 is 0 Å². The molecule has 1 heterocycles. The van der Waals surface area contributed by atoms with E-state index in [9.17, 15) is 4.79 Å². The summed E-state index contributed by atoms with van der Waals surface area (Å²) in [6.07, 6.45) is 0. The molecule has 0 aliphatic heterocycles. The van der Waals surface area contributed by atoms with Gasteiger partial charge in [-0.2, -0.15) is 0 Å². The number of carbonyl (C=O) groups excluding carboxylic acids is 1. The third kappa shape index (κ3) is 4.48. The van der Waals surface area contributed by atoms with Gasteiger partial charge in [0.1, 0.15) is 5.52 Å². The van der Waals surface area contributed by atoms with Crippen molar-refractivity contribution in [1.82, 2.24) is 4.98 Å². The number of fused-ring (bicyclic) bond motifs is 1. The van der Waals surface area contributed by atoms with E-state index in [0.29, 0.717) is 40.3 Å². The molecule has 7 nitrogen and oxygen atoms in total. The van der Waals surface area contributed by atoms with Crippen LogP contribution < -0.4 is 19.5 Å². The summed E-state index contributed by atoms with van der Waals surface area (Å²) in [7, 11) is 4.53. The predicted octanol–water partition coefficient (Wildman–Crippen LogP) is 5.90. The Morgan fingerprint density at radius 2 is 1.58 bits per heavy atom. The van der Waals surface area contributed by atoms with Gasteiger partial charge in [0.25, 0.3) is 5.91 Å². The van der Waals surface area contributed by atoms with Crippen molar-refractivity contribution in [3.8, 4) is 28.7 Å². The Balaban J connectivity index is 1.54. The van der Waals surface area contributed by atoms with Crippen LogP contribution in [0.5, 0.6) is 17.2 Å². The second-order valence-electron chi connectivity index (χ2n) is 7.85. The molecule has 0 aliphatic carbocycles. The quantitative estimate of drug-likeness (QED) is 0.381. The van der Waals surface area contributed by atoms with Gasteiger partial charge >= 0.3 is 0 Å². The summed E-state index contributed by atoms with van der Waals surface area (Å²) in [6, 6.07) is 16.6. The number of nitrogens with one attached hydrogen (secondary N) is 1. The summed E-state index contributed by atoms with van der Waals surface area (Å²) < 4.78 is 21.9. The number of oxazole rings is 1. The van der Waals surface area contributed by atoms with E-state index in [1.54, 1.807) is 24.3 Å². The van der Waals surface area contributed by atoms with Crippen LogP contribution in [0, 0.1) is 0 Å². The Morgan fingerprint density at radius 3 is 2.15 bits per heavy atom. The molecular weight excluding hydrogens is 420 g/mol. The number of amides is 1. The number of rotatable bonds is 7. The van der Waals surface area contributed by atoms with Gasteiger partial charge in [-0.1, -0.05) is 19.9 Å². The van der Waals surface area contributed by atoms with Crippen molar-refractivity contribution in [2.75, 3.05) is 26.6 Å². The zero-order valence-corrected chi connectivity index (χ0v) is 19.3. The van der Waals surface area contributed by atoms with E-state index in [1.807, 2.05) is 18.2 Å². The van der Waals surface area contributed by atoms with E-state index in [0.717, 1.165) is 16.7 Å². The van der Waals surface area contributed by atoms with Crippen molar-refractivity contribution in [3.05, 3.63) is 65.7 Å². The fourth-order valence-electron chi connectivity index (χ4n) is 3.54. The zero-order chi connectivity index (χ0) is 23.5. The van der Waals surface area contributed by atoms with E-state index in [2.05, 4.69) is 36.3 Å². The Hall–Kier alpha value is -4.00. The van der Waals surface area contributed by atoms with E-state index >= 15 is 0 Å². The van der Waals surface area contributed by atoms with Gasteiger partial charge in [-0.3, -0.25) is 4.79 Å². The molecule has 4 aromatic rings. The highest BCUT2D eigenvalue weighted by Gasteiger charge is 2.17. The van der Waals surface area contributed by atoms with Crippen molar-refractivity contribution >= 4 is 22.7 Å². The summed E-state index contributed by atoms with van der Waals surface area (Å²) in [5.41, 5.74) is 4.63. The molecule has 0 radical (unpaired) electrons. The van der Waals surface area contributed by atoms with Crippen LogP contribution in [0.4, 0.5) is 5.69 Å². The molecular formula is C26H26N2O5. The largest absolute Gasteiger partial charge is 0.493 e. The predicted molar refractivity (Wildman–Crippen MR) is 128 cm³/mol. The van der Waals surface area contributed by atoms with E-state index in [-0.39, 0.29) is 5.91 Å². The molecule has 7 heteroatoms. The minimum Gasteiger partial charge on any atom is -0.493 e. The molecule has 0 aliphatic rings. The van der Waals surface area contributed by atoms with E-state index in [1.165, 1.54) is 26.9 Å². The molecule has 0 unspecified atom stereocenters. The lowest BCUT2D eigenvalue weighted by Gasteiger charge is -2.14. The summed E-state index contributed by atoms with van der Waals surface area (Å²) in [5.74, 6) is 1.91. The third-order valence-electron chi connectivity index (χ3n) is 5.39. The summed E-state index contributed by atoms with van der Waals surface area (Å²) >= 11 is 0. The first-order chi connectivity index (χ1) is 15.9. The number of nitrogens with zero attached hydrogens (tertiary/aromatic N) is 1. The van der Waals surface area contributed by atoms with Crippen molar-refractivity contribution in [2.24, 2.45) is 0 Å². The van der Waals surface area contributed by atoms with Gasteiger partial charge in [0, 0.05) is 16.8 Å². The molecule has 1 amide bonds. The number of benzene rings is 3. The Bertz CT molecular complexity index is 1270. The molecule has 170 valence electrons. The Labute approximate surface area is 192 Å². The normalized spacial score (nSPS) is 11.0. The highest BCUT2D eigenvalue weighted by atomic mass is 16.5. The lowest BCUT2D eigenvalue weighted by Crippen LogP contribution is -2.12.